The summed E-state index contributed by atoms with van der Waals surface area (Å²) in [7, 11) is 0. The van der Waals surface area contributed by atoms with Gasteiger partial charge in [0.1, 0.15) is 12.4 Å². The fourth-order valence-corrected chi connectivity index (χ4v) is 2.04. The normalized spacial score (nSPS) is 20.2. The molecule has 1 saturated heterocycles. The van der Waals surface area contributed by atoms with Crippen molar-refractivity contribution in [3.05, 3.63) is 30.1 Å². The maximum Gasteiger partial charge on any atom is 0.253 e. The summed E-state index contributed by atoms with van der Waals surface area (Å²) in [5.41, 5.74) is 6.04. The van der Waals surface area contributed by atoms with Crippen LogP contribution in [0.25, 0.3) is 0 Å². The van der Waals surface area contributed by atoms with E-state index in [1.54, 1.807) is 17.0 Å². The average Bonchev–Trinajstić information content (AvgIpc) is 2.38. The van der Waals surface area contributed by atoms with Gasteiger partial charge in [0.2, 0.25) is 0 Å². The zero-order valence-corrected chi connectivity index (χ0v) is 10.1. The molecule has 1 atom stereocenters. The number of benzene rings is 1. The highest BCUT2D eigenvalue weighted by Crippen LogP contribution is 2.20. The Kier molecular flexibility index (Phi) is 4.28. The summed E-state index contributed by atoms with van der Waals surface area (Å²) in [6.07, 6.45) is 1.65. The zero-order chi connectivity index (χ0) is 13.0. The van der Waals surface area contributed by atoms with Crippen molar-refractivity contribution in [2.24, 2.45) is 5.73 Å². The highest BCUT2D eigenvalue weighted by molar-refractivity contribution is 5.94. The predicted molar refractivity (Wildman–Crippen MR) is 66.8 cm³/mol. The number of amides is 1. The first kappa shape index (κ1) is 13.0. The summed E-state index contributed by atoms with van der Waals surface area (Å²) in [6.45, 7) is 1.11. The van der Waals surface area contributed by atoms with Gasteiger partial charge in [0, 0.05) is 5.69 Å². The summed E-state index contributed by atoms with van der Waals surface area (Å²) in [5, 5.41) is 0. The van der Waals surface area contributed by atoms with Crippen molar-refractivity contribution in [1.82, 2.24) is 0 Å². The van der Waals surface area contributed by atoms with Crippen molar-refractivity contribution < 1.29 is 13.9 Å². The van der Waals surface area contributed by atoms with E-state index in [9.17, 15) is 9.18 Å². The first-order valence-electron chi connectivity index (χ1n) is 6.08. The van der Waals surface area contributed by atoms with Crippen molar-refractivity contribution in [1.29, 1.82) is 0 Å². The average molecular weight is 252 g/mol. The molecule has 1 amide bonds. The molecule has 18 heavy (non-hydrogen) atoms. The van der Waals surface area contributed by atoms with E-state index in [1.807, 2.05) is 0 Å². The van der Waals surface area contributed by atoms with E-state index in [1.165, 1.54) is 12.1 Å². The van der Waals surface area contributed by atoms with E-state index in [-0.39, 0.29) is 24.4 Å². The maximum absolute atomic E-state index is 13.2. The number of carbonyl (C=O) groups is 1. The Balaban J connectivity index is 2.08. The molecule has 0 spiro atoms. The minimum absolute atomic E-state index is 0.0190. The summed E-state index contributed by atoms with van der Waals surface area (Å²) < 4.78 is 18.6. The number of anilines is 1. The molecular formula is C13H17FN2O2. The lowest BCUT2D eigenvalue weighted by molar-refractivity contribution is -0.129. The molecule has 1 fully saturated rings. The van der Waals surface area contributed by atoms with Crippen LogP contribution in [0.2, 0.25) is 0 Å². The molecule has 1 aliphatic rings. The minimum atomic E-state index is -0.342. The second kappa shape index (κ2) is 5.93. The first-order valence-corrected chi connectivity index (χ1v) is 6.08. The number of hydrogen-bond acceptors (Lipinski definition) is 3. The maximum atomic E-state index is 13.2. The third kappa shape index (κ3) is 3.05. The van der Waals surface area contributed by atoms with Crippen LogP contribution in [-0.4, -0.2) is 31.7 Å². The molecule has 1 aromatic rings. The van der Waals surface area contributed by atoms with Crippen LogP contribution < -0.4 is 10.6 Å². The second-order valence-electron chi connectivity index (χ2n) is 4.35. The van der Waals surface area contributed by atoms with E-state index in [2.05, 4.69) is 0 Å². The molecule has 0 radical (unpaired) electrons. The molecular weight excluding hydrogens is 235 g/mol. The number of rotatable bonds is 4. The van der Waals surface area contributed by atoms with Crippen LogP contribution in [0.3, 0.4) is 0 Å². The fraction of sp³-hybridized carbons (Fsp3) is 0.462. The molecule has 0 aliphatic carbocycles. The van der Waals surface area contributed by atoms with Crippen molar-refractivity contribution in [3.63, 3.8) is 0 Å². The number of carbonyl (C=O) groups excluding carboxylic acids is 1. The molecule has 2 N–H and O–H groups in total. The largest absolute Gasteiger partial charge is 0.367 e. The number of hydrogen-bond donors (Lipinski definition) is 1. The van der Waals surface area contributed by atoms with Crippen LogP contribution in [-0.2, 0) is 9.53 Å². The Hall–Kier alpha value is -1.46. The summed E-state index contributed by atoms with van der Waals surface area (Å²) in [6, 6.07) is 6.05. The van der Waals surface area contributed by atoms with Crippen molar-refractivity contribution >= 4 is 11.6 Å². The van der Waals surface area contributed by atoms with E-state index in [0.29, 0.717) is 18.8 Å². The lowest BCUT2D eigenvalue weighted by Gasteiger charge is -2.32. The Bertz CT molecular complexity index is 425. The molecule has 0 bridgehead atoms. The van der Waals surface area contributed by atoms with E-state index >= 15 is 0 Å². The Morgan fingerprint density at radius 2 is 2.33 bits per heavy atom. The monoisotopic (exact) mass is 252 g/mol. The van der Waals surface area contributed by atoms with Crippen LogP contribution in [0.5, 0.6) is 0 Å². The van der Waals surface area contributed by atoms with Crippen LogP contribution in [0, 0.1) is 5.82 Å². The van der Waals surface area contributed by atoms with Crippen LogP contribution in [0.15, 0.2) is 24.3 Å². The third-order valence-corrected chi connectivity index (χ3v) is 2.98. The lowest BCUT2D eigenvalue weighted by Crippen LogP contribution is -2.46. The highest BCUT2D eigenvalue weighted by atomic mass is 19.1. The molecule has 1 heterocycles. The Morgan fingerprint density at radius 1 is 1.50 bits per heavy atom. The molecule has 1 unspecified atom stereocenters. The van der Waals surface area contributed by atoms with Gasteiger partial charge in [0.05, 0.1) is 12.6 Å². The summed E-state index contributed by atoms with van der Waals surface area (Å²) in [5.74, 6) is -0.477. The van der Waals surface area contributed by atoms with Crippen molar-refractivity contribution in [2.75, 3.05) is 24.6 Å². The van der Waals surface area contributed by atoms with Gasteiger partial charge >= 0.3 is 0 Å². The third-order valence-electron chi connectivity index (χ3n) is 2.98. The minimum Gasteiger partial charge on any atom is -0.367 e. The molecule has 5 heteroatoms. The van der Waals surface area contributed by atoms with Crippen LogP contribution in [0.4, 0.5) is 10.1 Å². The second-order valence-corrected chi connectivity index (χ2v) is 4.35. The summed E-state index contributed by atoms with van der Waals surface area (Å²) in [4.78, 5) is 13.4. The number of ether oxygens (including phenoxy) is 1. The Morgan fingerprint density at radius 3 is 3.06 bits per heavy atom. The van der Waals surface area contributed by atoms with Crippen molar-refractivity contribution in [3.8, 4) is 0 Å². The number of nitrogens with zero attached hydrogens (tertiary/aromatic N) is 1. The first-order chi connectivity index (χ1) is 8.70. The van der Waals surface area contributed by atoms with Gasteiger partial charge in [0.25, 0.3) is 5.91 Å². The van der Waals surface area contributed by atoms with Gasteiger partial charge in [-0.1, -0.05) is 6.07 Å². The predicted octanol–water partition coefficient (Wildman–Crippen LogP) is 1.30. The fourth-order valence-electron chi connectivity index (χ4n) is 2.04. The molecule has 1 aromatic carbocycles. The quantitative estimate of drug-likeness (QED) is 0.878. The molecule has 0 aromatic heterocycles. The van der Waals surface area contributed by atoms with Crippen LogP contribution in [0.1, 0.15) is 12.8 Å². The van der Waals surface area contributed by atoms with E-state index < -0.39 is 0 Å². The van der Waals surface area contributed by atoms with Gasteiger partial charge < -0.3 is 15.4 Å². The molecule has 98 valence electrons. The number of nitrogens with two attached hydrogens (primary N) is 1. The number of morpholine rings is 1. The van der Waals surface area contributed by atoms with Gasteiger partial charge in [-0.25, -0.2) is 4.39 Å². The van der Waals surface area contributed by atoms with Gasteiger partial charge in [-0.2, -0.15) is 0 Å². The van der Waals surface area contributed by atoms with E-state index in [4.69, 9.17) is 10.5 Å². The number of halogens is 1. The Labute approximate surface area is 106 Å². The molecule has 0 saturated carbocycles. The molecule has 4 nitrogen and oxygen atoms in total. The standard InChI is InChI=1S/C13H17FN2O2/c14-10-3-1-4-11(7-10)16-8-12(5-2-6-15)18-9-13(16)17/h1,3-4,7,12H,2,5-6,8-9,15H2. The SMILES string of the molecule is NCCCC1CN(c2cccc(F)c2)C(=O)CO1. The van der Waals surface area contributed by atoms with Gasteiger partial charge in [-0.15, -0.1) is 0 Å². The van der Waals surface area contributed by atoms with Gasteiger partial charge in [-0.05, 0) is 37.6 Å². The van der Waals surface area contributed by atoms with E-state index in [0.717, 1.165) is 12.8 Å². The zero-order valence-electron chi connectivity index (χ0n) is 10.1. The lowest BCUT2D eigenvalue weighted by atomic mass is 10.1. The van der Waals surface area contributed by atoms with Crippen molar-refractivity contribution in [2.45, 2.75) is 18.9 Å². The highest BCUT2D eigenvalue weighted by Gasteiger charge is 2.27. The topological polar surface area (TPSA) is 55.6 Å². The molecule has 2 rings (SSSR count). The van der Waals surface area contributed by atoms with Gasteiger partial charge in [-0.3, -0.25) is 4.79 Å². The summed E-state index contributed by atoms with van der Waals surface area (Å²) >= 11 is 0. The smallest absolute Gasteiger partial charge is 0.253 e. The van der Waals surface area contributed by atoms with Gasteiger partial charge in [0.15, 0.2) is 0 Å². The van der Waals surface area contributed by atoms with Crippen LogP contribution >= 0.6 is 0 Å². The molecule has 1 aliphatic heterocycles.